The Labute approximate surface area is 239 Å². The number of carbonyl (C=O) groups excluding carboxylic acids is 3. The molecule has 2 aromatic carbocycles. The van der Waals surface area contributed by atoms with Crippen LogP contribution in [0.25, 0.3) is 0 Å². The van der Waals surface area contributed by atoms with Crippen LogP contribution in [0.5, 0.6) is 0 Å². The third-order valence-corrected chi connectivity index (χ3v) is 10.4. The predicted molar refractivity (Wildman–Crippen MR) is 151 cm³/mol. The smallest absolute Gasteiger partial charge is 0.338 e. The van der Waals surface area contributed by atoms with Crippen LogP contribution in [-0.2, 0) is 14.3 Å². The molecule has 0 aliphatic heterocycles. The third-order valence-electron chi connectivity index (χ3n) is 10.4. The van der Waals surface area contributed by atoms with Gasteiger partial charge in [0.2, 0.25) is 0 Å². The fourth-order valence-electron chi connectivity index (χ4n) is 8.29. The van der Waals surface area contributed by atoms with Crippen molar-refractivity contribution in [2.45, 2.75) is 51.9 Å². The average Bonchev–Trinajstić information content (AvgIpc) is 3.45. The SMILES string of the molecule is CC1=C[C@]23C(=O)[C@@H](C=C(CO)[C@@H](O)[C@]2(OC(=O)c2ccccc2)[C@H]1OC(=O)c1ccccc1)[C@H]1[C@@H](C[C@H]3C)C1(C)C. The van der Waals surface area contributed by atoms with Gasteiger partial charge in [0.1, 0.15) is 6.10 Å². The number of Topliss-reactive ketones (excluding diaryl/α,β-unsaturated/α-hetero) is 1. The highest BCUT2D eigenvalue weighted by Gasteiger charge is 2.78. The molecule has 2 aromatic rings. The minimum absolute atomic E-state index is 0.0193. The number of ether oxygens (including phenoxy) is 2. The number of hydrogen-bond acceptors (Lipinski definition) is 7. The first-order valence-electron chi connectivity index (χ1n) is 14.3. The molecule has 0 heterocycles. The van der Waals surface area contributed by atoms with Crippen LogP contribution in [0.4, 0.5) is 0 Å². The zero-order valence-electron chi connectivity index (χ0n) is 23.7. The fraction of sp³-hybridized carbons (Fsp3) is 0.441. The molecule has 0 aromatic heterocycles. The zero-order valence-corrected chi connectivity index (χ0v) is 23.7. The molecule has 4 aliphatic carbocycles. The van der Waals surface area contributed by atoms with Crippen LogP contribution < -0.4 is 0 Å². The van der Waals surface area contributed by atoms with Gasteiger partial charge in [-0.25, -0.2) is 9.59 Å². The van der Waals surface area contributed by atoms with Gasteiger partial charge in [-0.15, -0.1) is 0 Å². The standard InChI is InChI=1S/C34H36O7/c1-19-17-33-20(2)15-25-26(32(25,3)4)24(28(33)37)16-23(18-35)27(36)34(33,41-31(39)22-13-9-6-10-14-22)29(19)40-30(38)21-11-7-5-8-12-21/h5-14,16-17,20,24-27,29,35-36H,15,18H2,1-4H3/t20-,24+,25-,26+,27-,29+,33+,34+/m1/s1. The highest BCUT2D eigenvalue weighted by molar-refractivity contribution is 5.97. The first kappa shape index (κ1) is 27.6. The second-order valence-electron chi connectivity index (χ2n) is 12.7. The van der Waals surface area contributed by atoms with Gasteiger partial charge >= 0.3 is 11.9 Å². The van der Waals surface area contributed by atoms with Gasteiger partial charge in [-0.2, -0.15) is 0 Å². The number of allylic oxidation sites excluding steroid dienone is 1. The number of benzene rings is 2. The minimum Gasteiger partial charge on any atom is -0.450 e. The van der Waals surface area contributed by atoms with Crippen molar-refractivity contribution in [1.29, 1.82) is 0 Å². The second-order valence-corrected chi connectivity index (χ2v) is 12.7. The van der Waals surface area contributed by atoms with Crippen molar-refractivity contribution in [3.63, 3.8) is 0 Å². The Balaban J connectivity index is 1.57. The van der Waals surface area contributed by atoms with Gasteiger partial charge in [-0.1, -0.05) is 69.3 Å². The van der Waals surface area contributed by atoms with Gasteiger partial charge in [0.15, 0.2) is 17.5 Å². The Hall–Kier alpha value is -3.55. The van der Waals surface area contributed by atoms with Crippen molar-refractivity contribution in [3.05, 3.63) is 95.1 Å². The molecule has 2 fully saturated rings. The summed E-state index contributed by atoms with van der Waals surface area (Å²) < 4.78 is 12.6. The Morgan fingerprint density at radius 2 is 1.56 bits per heavy atom. The van der Waals surface area contributed by atoms with Crippen LogP contribution in [0.1, 0.15) is 54.8 Å². The quantitative estimate of drug-likeness (QED) is 0.411. The van der Waals surface area contributed by atoms with E-state index in [-0.39, 0.29) is 45.7 Å². The van der Waals surface area contributed by atoms with Crippen LogP contribution in [0, 0.1) is 34.5 Å². The molecule has 2 saturated carbocycles. The van der Waals surface area contributed by atoms with Crippen molar-refractivity contribution in [2.75, 3.05) is 6.61 Å². The van der Waals surface area contributed by atoms with E-state index in [1.165, 1.54) is 0 Å². The van der Waals surface area contributed by atoms with E-state index in [1.807, 2.05) is 6.92 Å². The lowest BCUT2D eigenvalue weighted by Crippen LogP contribution is -2.67. The molecular weight excluding hydrogens is 520 g/mol. The van der Waals surface area contributed by atoms with Gasteiger partial charge < -0.3 is 19.7 Å². The fourth-order valence-corrected chi connectivity index (χ4v) is 8.29. The van der Waals surface area contributed by atoms with E-state index in [0.717, 1.165) is 0 Å². The number of aliphatic hydroxyl groups excluding tert-OH is 2. The van der Waals surface area contributed by atoms with E-state index >= 15 is 0 Å². The van der Waals surface area contributed by atoms with Gasteiger partial charge in [0, 0.05) is 5.92 Å². The Bertz CT molecular complexity index is 1460. The van der Waals surface area contributed by atoms with E-state index in [1.54, 1.807) is 79.7 Å². The molecule has 214 valence electrons. The first-order valence-corrected chi connectivity index (χ1v) is 14.3. The summed E-state index contributed by atoms with van der Waals surface area (Å²) in [5.41, 5.74) is -2.41. The summed E-state index contributed by atoms with van der Waals surface area (Å²) in [4.78, 5) is 42.3. The highest BCUT2D eigenvalue weighted by atomic mass is 16.6. The Morgan fingerprint density at radius 3 is 2.15 bits per heavy atom. The first-order chi connectivity index (χ1) is 19.5. The number of ketones is 1. The lowest BCUT2D eigenvalue weighted by atomic mass is 9.58. The molecule has 0 unspecified atom stereocenters. The molecule has 0 radical (unpaired) electrons. The van der Waals surface area contributed by atoms with E-state index in [9.17, 15) is 24.6 Å². The van der Waals surface area contributed by atoms with Gasteiger partial charge in [-0.3, -0.25) is 4.79 Å². The number of esters is 2. The number of hydrogen-bond donors (Lipinski definition) is 2. The largest absolute Gasteiger partial charge is 0.450 e. The predicted octanol–water partition coefficient (Wildman–Crippen LogP) is 4.54. The number of carbonyl (C=O) groups is 3. The number of rotatable bonds is 5. The van der Waals surface area contributed by atoms with Crippen LogP contribution in [0.3, 0.4) is 0 Å². The van der Waals surface area contributed by atoms with Crippen LogP contribution in [0.15, 0.2) is 84.0 Å². The second kappa shape index (κ2) is 9.50. The summed E-state index contributed by atoms with van der Waals surface area (Å²) in [5.74, 6) is -2.31. The van der Waals surface area contributed by atoms with Crippen molar-refractivity contribution >= 4 is 17.7 Å². The Morgan fingerprint density at radius 1 is 0.976 bits per heavy atom. The number of fused-ring (bicyclic) bond motifs is 3. The molecule has 2 N–H and O–H groups in total. The van der Waals surface area contributed by atoms with Crippen LogP contribution >= 0.6 is 0 Å². The van der Waals surface area contributed by atoms with Gasteiger partial charge in [-0.05, 0) is 71.9 Å². The van der Waals surface area contributed by atoms with E-state index in [2.05, 4.69) is 13.8 Å². The molecule has 0 amide bonds. The summed E-state index contributed by atoms with van der Waals surface area (Å²) >= 11 is 0. The van der Waals surface area contributed by atoms with E-state index in [0.29, 0.717) is 12.0 Å². The maximum atomic E-state index is 14.9. The van der Waals surface area contributed by atoms with Crippen LogP contribution in [-0.4, -0.2) is 52.4 Å². The summed E-state index contributed by atoms with van der Waals surface area (Å²) in [7, 11) is 0. The molecule has 0 saturated heterocycles. The molecule has 2 bridgehead atoms. The maximum absolute atomic E-state index is 14.9. The summed E-state index contributed by atoms with van der Waals surface area (Å²) in [6, 6.07) is 16.8. The summed E-state index contributed by atoms with van der Waals surface area (Å²) in [6.07, 6.45) is 1.25. The molecule has 4 aliphatic rings. The van der Waals surface area contributed by atoms with Crippen molar-refractivity contribution in [2.24, 2.45) is 34.5 Å². The van der Waals surface area contributed by atoms with Crippen molar-refractivity contribution < 1.29 is 34.1 Å². The molecule has 8 atom stereocenters. The van der Waals surface area contributed by atoms with E-state index < -0.39 is 47.7 Å². The van der Waals surface area contributed by atoms with Gasteiger partial charge in [0.05, 0.1) is 23.1 Å². The number of aliphatic hydroxyl groups is 2. The lowest BCUT2D eigenvalue weighted by Gasteiger charge is -2.51. The average molecular weight is 557 g/mol. The van der Waals surface area contributed by atoms with Crippen molar-refractivity contribution in [1.82, 2.24) is 0 Å². The monoisotopic (exact) mass is 556 g/mol. The van der Waals surface area contributed by atoms with Gasteiger partial charge in [0.25, 0.3) is 0 Å². The molecule has 1 spiro atoms. The summed E-state index contributed by atoms with van der Waals surface area (Å²) in [6.45, 7) is 7.45. The summed E-state index contributed by atoms with van der Waals surface area (Å²) in [5, 5.41) is 22.8. The van der Waals surface area contributed by atoms with Crippen LogP contribution in [0.2, 0.25) is 0 Å². The molecule has 7 heteroatoms. The lowest BCUT2D eigenvalue weighted by molar-refractivity contribution is -0.192. The minimum atomic E-state index is -2.03. The highest BCUT2D eigenvalue weighted by Crippen LogP contribution is 2.72. The molecule has 41 heavy (non-hydrogen) atoms. The van der Waals surface area contributed by atoms with Crippen molar-refractivity contribution in [3.8, 4) is 0 Å². The molecule has 6 rings (SSSR count). The molecule has 7 nitrogen and oxygen atoms in total. The molecular formula is C34H36O7. The maximum Gasteiger partial charge on any atom is 0.338 e. The zero-order chi connectivity index (χ0) is 29.3. The Kier molecular flexibility index (Phi) is 6.40. The van der Waals surface area contributed by atoms with E-state index in [4.69, 9.17) is 9.47 Å². The topological polar surface area (TPSA) is 110 Å². The third kappa shape index (κ3) is 3.75. The normalized spacial score (nSPS) is 36.5.